The molecule has 0 amide bonds. The molecule has 1 N–H and O–H groups in total. The molecule has 28 heavy (non-hydrogen) atoms. The molecular formula is C19H21NO7S. The van der Waals surface area contributed by atoms with Gasteiger partial charge in [-0.2, -0.15) is 0 Å². The number of nitrogens with one attached hydrogen (secondary N) is 1. The van der Waals surface area contributed by atoms with Crippen molar-refractivity contribution in [1.29, 1.82) is 0 Å². The summed E-state index contributed by atoms with van der Waals surface area (Å²) in [6.07, 6.45) is -0.0142. The second kappa shape index (κ2) is 8.75. The van der Waals surface area contributed by atoms with E-state index in [1.54, 1.807) is 6.07 Å². The van der Waals surface area contributed by atoms with Crippen molar-refractivity contribution >= 4 is 27.5 Å². The number of rotatable bonds is 8. The smallest absolute Gasteiger partial charge is 0.339 e. The first kappa shape index (κ1) is 21.2. The van der Waals surface area contributed by atoms with Gasteiger partial charge in [0.1, 0.15) is 11.5 Å². The number of hydrogen-bond donors (Lipinski definition) is 1. The fourth-order valence-electron chi connectivity index (χ4n) is 2.36. The summed E-state index contributed by atoms with van der Waals surface area (Å²) in [4.78, 5) is 24.9. The zero-order valence-corrected chi connectivity index (χ0v) is 16.7. The average Bonchev–Trinajstić information content (AvgIpc) is 2.66. The molecular weight excluding hydrogens is 386 g/mol. The van der Waals surface area contributed by atoms with Crippen LogP contribution >= 0.6 is 0 Å². The molecule has 9 heteroatoms. The predicted octanol–water partition coefficient (Wildman–Crippen LogP) is 2.50. The van der Waals surface area contributed by atoms with Crippen LogP contribution in [-0.2, 0) is 14.8 Å². The van der Waals surface area contributed by atoms with Gasteiger partial charge in [-0.25, -0.2) is 13.2 Å². The minimum absolute atomic E-state index is 0.184. The zero-order chi connectivity index (χ0) is 20.9. The first-order valence-electron chi connectivity index (χ1n) is 8.19. The topological polar surface area (TPSA) is 108 Å². The van der Waals surface area contributed by atoms with Gasteiger partial charge < -0.3 is 14.2 Å². The predicted molar refractivity (Wildman–Crippen MR) is 104 cm³/mol. The summed E-state index contributed by atoms with van der Waals surface area (Å²) in [5, 5.41) is 0. The summed E-state index contributed by atoms with van der Waals surface area (Å²) in [5.74, 6) is -0.291. The van der Waals surface area contributed by atoms with Crippen LogP contribution in [0.1, 0.15) is 27.6 Å². The van der Waals surface area contributed by atoms with Crippen LogP contribution in [0.3, 0.4) is 0 Å². The summed E-state index contributed by atoms with van der Waals surface area (Å²) in [5.41, 5.74) is 0.790. The van der Waals surface area contributed by atoms with Crippen molar-refractivity contribution in [2.45, 2.75) is 13.0 Å². The van der Waals surface area contributed by atoms with Gasteiger partial charge in [-0.1, -0.05) is 0 Å². The molecule has 0 aliphatic rings. The number of esters is 1. The molecule has 0 saturated carbocycles. The SMILES string of the molecule is COc1cc(OC)cc(C(=O)O[C@@H](C)C(=O)c2ccc(NS(C)(=O)=O)cc2)c1. The van der Waals surface area contributed by atoms with Gasteiger partial charge in [-0.3, -0.25) is 9.52 Å². The molecule has 1 atom stereocenters. The van der Waals surface area contributed by atoms with Gasteiger partial charge in [0.15, 0.2) is 6.10 Å². The van der Waals surface area contributed by atoms with Crippen molar-refractivity contribution in [3.8, 4) is 11.5 Å². The number of ketones is 1. The Labute approximate surface area is 163 Å². The highest BCUT2D eigenvalue weighted by Crippen LogP contribution is 2.23. The third kappa shape index (κ3) is 5.71. The molecule has 0 unspecified atom stereocenters. The van der Waals surface area contributed by atoms with Gasteiger partial charge in [0.05, 0.1) is 26.0 Å². The number of anilines is 1. The summed E-state index contributed by atoms with van der Waals surface area (Å²) >= 11 is 0. The highest BCUT2D eigenvalue weighted by atomic mass is 32.2. The van der Waals surface area contributed by atoms with Crippen LogP contribution in [0.15, 0.2) is 42.5 Å². The Bertz CT molecular complexity index is 946. The molecule has 0 aromatic heterocycles. The number of Topliss-reactive ketones (excluding diaryl/α,β-unsaturated/α-hetero) is 1. The number of methoxy groups -OCH3 is 2. The van der Waals surface area contributed by atoms with Crippen molar-refractivity contribution in [1.82, 2.24) is 0 Å². The van der Waals surface area contributed by atoms with Gasteiger partial charge in [0.2, 0.25) is 15.8 Å². The maximum absolute atomic E-state index is 12.5. The fraction of sp³-hybridized carbons (Fsp3) is 0.263. The van der Waals surface area contributed by atoms with Gasteiger partial charge in [-0.15, -0.1) is 0 Å². The van der Waals surface area contributed by atoms with Crippen LogP contribution in [0.5, 0.6) is 11.5 Å². The van der Waals surface area contributed by atoms with Crippen molar-refractivity contribution < 1.29 is 32.2 Å². The molecule has 0 heterocycles. The van der Waals surface area contributed by atoms with E-state index in [4.69, 9.17) is 14.2 Å². The third-order valence-corrected chi connectivity index (χ3v) is 4.32. The standard InChI is InChI=1S/C19H21NO7S/c1-12(18(21)13-5-7-15(8-6-13)20-28(4,23)24)27-19(22)14-9-16(25-2)11-17(10-14)26-3/h5-12,20H,1-4H3/t12-/m0/s1. The Hall–Kier alpha value is -3.07. The normalized spacial score (nSPS) is 12.0. The average molecular weight is 407 g/mol. The number of ether oxygens (including phenoxy) is 3. The fourth-order valence-corrected chi connectivity index (χ4v) is 2.92. The Balaban J connectivity index is 2.10. The van der Waals surface area contributed by atoms with Gasteiger partial charge in [0.25, 0.3) is 0 Å². The lowest BCUT2D eigenvalue weighted by atomic mass is 10.1. The van der Waals surface area contributed by atoms with Crippen LogP contribution in [0, 0.1) is 0 Å². The van der Waals surface area contributed by atoms with Gasteiger partial charge in [0, 0.05) is 17.3 Å². The molecule has 0 fully saturated rings. The molecule has 0 bridgehead atoms. The van der Waals surface area contributed by atoms with Crippen molar-refractivity contribution in [2.24, 2.45) is 0 Å². The van der Waals surface area contributed by atoms with E-state index in [1.807, 2.05) is 0 Å². The molecule has 150 valence electrons. The van der Waals surface area contributed by atoms with E-state index >= 15 is 0 Å². The Morgan fingerprint density at radius 3 is 1.93 bits per heavy atom. The van der Waals surface area contributed by atoms with Crippen molar-refractivity contribution in [3.63, 3.8) is 0 Å². The largest absolute Gasteiger partial charge is 0.497 e. The maximum Gasteiger partial charge on any atom is 0.339 e. The second-order valence-electron chi connectivity index (χ2n) is 5.96. The Morgan fingerprint density at radius 2 is 1.46 bits per heavy atom. The van der Waals surface area contributed by atoms with Crippen LogP contribution < -0.4 is 14.2 Å². The lowest BCUT2D eigenvalue weighted by Crippen LogP contribution is -2.24. The van der Waals surface area contributed by atoms with Crippen molar-refractivity contribution in [2.75, 3.05) is 25.2 Å². The molecule has 2 rings (SSSR count). The van der Waals surface area contributed by atoms with E-state index in [0.717, 1.165) is 6.26 Å². The number of benzene rings is 2. The van der Waals surface area contributed by atoms with Gasteiger partial charge >= 0.3 is 5.97 Å². The van der Waals surface area contributed by atoms with E-state index in [1.165, 1.54) is 57.5 Å². The molecule has 0 aliphatic heterocycles. The number of carbonyl (C=O) groups is 2. The second-order valence-corrected chi connectivity index (χ2v) is 7.71. The van der Waals surface area contributed by atoms with Crippen LogP contribution in [-0.4, -0.2) is 46.7 Å². The maximum atomic E-state index is 12.5. The van der Waals surface area contributed by atoms with E-state index in [2.05, 4.69) is 4.72 Å². The monoisotopic (exact) mass is 407 g/mol. The van der Waals surface area contributed by atoms with Crippen LogP contribution in [0.4, 0.5) is 5.69 Å². The Kier molecular flexibility index (Phi) is 6.63. The molecule has 0 radical (unpaired) electrons. The number of hydrogen-bond acceptors (Lipinski definition) is 7. The lowest BCUT2D eigenvalue weighted by Gasteiger charge is -2.14. The first-order chi connectivity index (χ1) is 13.1. The van der Waals surface area contributed by atoms with Crippen molar-refractivity contribution in [3.05, 3.63) is 53.6 Å². The minimum atomic E-state index is -3.41. The van der Waals surface area contributed by atoms with E-state index < -0.39 is 27.9 Å². The highest BCUT2D eigenvalue weighted by molar-refractivity contribution is 7.92. The third-order valence-electron chi connectivity index (χ3n) is 3.71. The summed E-state index contributed by atoms with van der Waals surface area (Å²) in [6, 6.07) is 10.4. The van der Waals surface area contributed by atoms with E-state index in [-0.39, 0.29) is 11.1 Å². The van der Waals surface area contributed by atoms with E-state index in [9.17, 15) is 18.0 Å². The summed E-state index contributed by atoms with van der Waals surface area (Å²) < 4.78 is 40.2. The number of sulfonamides is 1. The van der Waals surface area contributed by atoms with Gasteiger partial charge in [-0.05, 0) is 43.3 Å². The first-order valence-corrected chi connectivity index (χ1v) is 10.1. The number of carbonyl (C=O) groups excluding carboxylic acids is 2. The summed E-state index contributed by atoms with van der Waals surface area (Å²) in [6.45, 7) is 1.46. The molecule has 0 aliphatic carbocycles. The van der Waals surface area contributed by atoms with Crippen LogP contribution in [0.2, 0.25) is 0 Å². The molecule has 2 aromatic carbocycles. The van der Waals surface area contributed by atoms with E-state index in [0.29, 0.717) is 17.2 Å². The highest BCUT2D eigenvalue weighted by Gasteiger charge is 2.21. The quantitative estimate of drug-likeness (QED) is 0.529. The minimum Gasteiger partial charge on any atom is -0.497 e. The van der Waals surface area contributed by atoms with Crippen LogP contribution in [0.25, 0.3) is 0 Å². The zero-order valence-electron chi connectivity index (χ0n) is 15.9. The molecule has 8 nitrogen and oxygen atoms in total. The lowest BCUT2D eigenvalue weighted by molar-refractivity contribution is 0.0318. The Morgan fingerprint density at radius 1 is 0.929 bits per heavy atom. The molecule has 0 spiro atoms. The molecule has 2 aromatic rings. The summed E-state index contributed by atoms with van der Waals surface area (Å²) in [7, 11) is -0.496. The molecule has 0 saturated heterocycles.